The minimum absolute atomic E-state index is 0.591. The SMILES string of the molecule is CCCCC(CC)COc1c(CNC)cc(Cl)cc1OC. The van der Waals surface area contributed by atoms with Gasteiger partial charge in [0.05, 0.1) is 13.7 Å². The molecule has 0 heterocycles. The summed E-state index contributed by atoms with van der Waals surface area (Å²) in [5.74, 6) is 2.11. The second-order valence-corrected chi connectivity index (χ2v) is 5.79. The lowest BCUT2D eigenvalue weighted by atomic mass is 10.0. The van der Waals surface area contributed by atoms with Crippen molar-refractivity contribution in [3.05, 3.63) is 22.7 Å². The summed E-state index contributed by atoms with van der Waals surface area (Å²) in [5.41, 5.74) is 1.03. The number of nitrogens with one attached hydrogen (secondary N) is 1. The molecule has 0 amide bonds. The molecule has 21 heavy (non-hydrogen) atoms. The molecule has 120 valence electrons. The van der Waals surface area contributed by atoms with Crippen LogP contribution in [0.15, 0.2) is 12.1 Å². The largest absolute Gasteiger partial charge is 0.493 e. The highest BCUT2D eigenvalue weighted by Crippen LogP contribution is 2.35. The Balaban J connectivity index is 2.84. The van der Waals surface area contributed by atoms with Crippen LogP contribution in [0.3, 0.4) is 0 Å². The first kappa shape index (κ1) is 18.1. The first-order valence-corrected chi connectivity index (χ1v) is 8.17. The third kappa shape index (κ3) is 5.76. The van der Waals surface area contributed by atoms with Crippen LogP contribution in [0.5, 0.6) is 11.5 Å². The van der Waals surface area contributed by atoms with Gasteiger partial charge in [-0.25, -0.2) is 0 Å². The molecule has 0 aliphatic rings. The molecule has 0 spiro atoms. The van der Waals surface area contributed by atoms with Crippen LogP contribution in [-0.4, -0.2) is 20.8 Å². The van der Waals surface area contributed by atoms with Crippen molar-refractivity contribution in [1.29, 1.82) is 0 Å². The van der Waals surface area contributed by atoms with Crippen LogP contribution in [0.25, 0.3) is 0 Å². The highest BCUT2D eigenvalue weighted by Gasteiger charge is 2.15. The van der Waals surface area contributed by atoms with E-state index in [1.54, 1.807) is 7.11 Å². The quantitative estimate of drug-likeness (QED) is 0.681. The van der Waals surface area contributed by atoms with Gasteiger partial charge in [0, 0.05) is 23.2 Å². The summed E-state index contributed by atoms with van der Waals surface area (Å²) < 4.78 is 11.5. The van der Waals surface area contributed by atoms with Gasteiger partial charge in [0.25, 0.3) is 0 Å². The smallest absolute Gasteiger partial charge is 0.165 e. The van der Waals surface area contributed by atoms with Crippen LogP contribution in [0.1, 0.15) is 45.1 Å². The maximum absolute atomic E-state index is 6.13. The van der Waals surface area contributed by atoms with Crippen molar-refractivity contribution < 1.29 is 9.47 Å². The zero-order chi connectivity index (χ0) is 15.7. The fourth-order valence-electron chi connectivity index (χ4n) is 2.36. The van der Waals surface area contributed by atoms with Gasteiger partial charge in [0.1, 0.15) is 0 Å². The van der Waals surface area contributed by atoms with E-state index in [2.05, 4.69) is 19.2 Å². The molecule has 1 atom stereocenters. The summed E-state index contributed by atoms with van der Waals surface area (Å²) in [7, 11) is 3.56. The zero-order valence-electron chi connectivity index (χ0n) is 13.7. The van der Waals surface area contributed by atoms with Crippen molar-refractivity contribution in [2.75, 3.05) is 20.8 Å². The third-order valence-corrected chi connectivity index (χ3v) is 3.91. The Hall–Kier alpha value is -0.930. The Morgan fingerprint density at radius 1 is 1.29 bits per heavy atom. The molecular formula is C17H28ClNO2. The molecule has 1 N–H and O–H groups in total. The Bertz CT molecular complexity index is 423. The summed E-state index contributed by atoms with van der Waals surface area (Å²) in [4.78, 5) is 0. The van der Waals surface area contributed by atoms with Gasteiger partial charge in [0.2, 0.25) is 0 Å². The molecule has 1 aromatic carbocycles. The Morgan fingerprint density at radius 2 is 2.05 bits per heavy atom. The second-order valence-electron chi connectivity index (χ2n) is 5.35. The predicted octanol–water partition coefficient (Wildman–Crippen LogP) is 4.66. The minimum Gasteiger partial charge on any atom is -0.493 e. The number of hydrogen-bond acceptors (Lipinski definition) is 3. The zero-order valence-corrected chi connectivity index (χ0v) is 14.4. The lowest BCUT2D eigenvalue weighted by Crippen LogP contribution is -2.14. The third-order valence-electron chi connectivity index (χ3n) is 3.69. The van der Waals surface area contributed by atoms with Crippen molar-refractivity contribution in [1.82, 2.24) is 5.32 Å². The van der Waals surface area contributed by atoms with E-state index < -0.39 is 0 Å². The molecule has 4 heteroatoms. The van der Waals surface area contributed by atoms with Crippen LogP contribution in [0.4, 0.5) is 0 Å². The van der Waals surface area contributed by atoms with Gasteiger partial charge in [-0.15, -0.1) is 0 Å². The Kier molecular flexibility index (Phi) is 8.55. The van der Waals surface area contributed by atoms with E-state index >= 15 is 0 Å². The fraction of sp³-hybridized carbons (Fsp3) is 0.647. The highest BCUT2D eigenvalue weighted by atomic mass is 35.5. The molecule has 0 saturated carbocycles. The average molecular weight is 314 g/mol. The van der Waals surface area contributed by atoms with E-state index in [9.17, 15) is 0 Å². The molecule has 1 aromatic rings. The molecule has 0 bridgehead atoms. The molecule has 1 rings (SSSR count). The summed E-state index contributed by atoms with van der Waals surface area (Å²) in [6.07, 6.45) is 4.83. The molecule has 0 aromatic heterocycles. The number of ether oxygens (including phenoxy) is 2. The molecule has 0 radical (unpaired) electrons. The van der Waals surface area contributed by atoms with Crippen LogP contribution < -0.4 is 14.8 Å². The summed E-state index contributed by atoms with van der Waals surface area (Å²) in [6.45, 7) is 5.88. The van der Waals surface area contributed by atoms with E-state index in [1.807, 2.05) is 19.2 Å². The lowest BCUT2D eigenvalue weighted by Gasteiger charge is -2.19. The van der Waals surface area contributed by atoms with Gasteiger partial charge in [-0.3, -0.25) is 0 Å². The van der Waals surface area contributed by atoms with E-state index in [4.69, 9.17) is 21.1 Å². The Morgan fingerprint density at radius 3 is 2.62 bits per heavy atom. The van der Waals surface area contributed by atoms with Crippen molar-refractivity contribution >= 4 is 11.6 Å². The number of methoxy groups -OCH3 is 1. The fourth-order valence-corrected chi connectivity index (χ4v) is 2.59. The summed E-state index contributed by atoms with van der Waals surface area (Å²) >= 11 is 6.13. The second kappa shape index (κ2) is 9.91. The summed E-state index contributed by atoms with van der Waals surface area (Å²) in [6, 6.07) is 3.74. The molecular weight excluding hydrogens is 286 g/mol. The van der Waals surface area contributed by atoms with E-state index in [0.29, 0.717) is 23.2 Å². The van der Waals surface area contributed by atoms with Crippen LogP contribution in [0.2, 0.25) is 5.02 Å². The maximum Gasteiger partial charge on any atom is 0.165 e. The molecule has 0 aliphatic heterocycles. The highest BCUT2D eigenvalue weighted by molar-refractivity contribution is 6.30. The lowest BCUT2D eigenvalue weighted by molar-refractivity contribution is 0.222. The van der Waals surface area contributed by atoms with E-state index in [0.717, 1.165) is 24.3 Å². The number of rotatable bonds is 10. The maximum atomic E-state index is 6.13. The normalized spacial score (nSPS) is 12.2. The monoisotopic (exact) mass is 313 g/mol. The van der Waals surface area contributed by atoms with Crippen molar-refractivity contribution in [3.63, 3.8) is 0 Å². The minimum atomic E-state index is 0.591. The van der Waals surface area contributed by atoms with Crippen molar-refractivity contribution in [3.8, 4) is 11.5 Å². The molecule has 0 saturated heterocycles. The van der Waals surface area contributed by atoms with Gasteiger partial charge in [-0.05, 0) is 25.5 Å². The molecule has 1 unspecified atom stereocenters. The van der Waals surface area contributed by atoms with Crippen LogP contribution >= 0.6 is 11.6 Å². The molecule has 3 nitrogen and oxygen atoms in total. The van der Waals surface area contributed by atoms with Crippen LogP contribution in [0, 0.1) is 5.92 Å². The van der Waals surface area contributed by atoms with Gasteiger partial charge in [-0.2, -0.15) is 0 Å². The van der Waals surface area contributed by atoms with Crippen molar-refractivity contribution in [2.45, 2.75) is 46.1 Å². The van der Waals surface area contributed by atoms with E-state index in [-0.39, 0.29) is 0 Å². The number of halogens is 1. The van der Waals surface area contributed by atoms with Gasteiger partial charge in [0.15, 0.2) is 11.5 Å². The Labute approximate surface area is 134 Å². The van der Waals surface area contributed by atoms with Crippen LogP contribution in [-0.2, 0) is 6.54 Å². The van der Waals surface area contributed by atoms with Gasteiger partial charge in [-0.1, -0.05) is 44.7 Å². The van der Waals surface area contributed by atoms with E-state index in [1.165, 1.54) is 19.3 Å². The first-order chi connectivity index (χ1) is 10.2. The molecule has 0 fully saturated rings. The number of benzene rings is 1. The first-order valence-electron chi connectivity index (χ1n) is 7.79. The van der Waals surface area contributed by atoms with Gasteiger partial charge < -0.3 is 14.8 Å². The van der Waals surface area contributed by atoms with Crippen molar-refractivity contribution in [2.24, 2.45) is 5.92 Å². The predicted molar refractivity (Wildman–Crippen MR) is 89.6 cm³/mol. The molecule has 0 aliphatic carbocycles. The topological polar surface area (TPSA) is 30.5 Å². The summed E-state index contributed by atoms with van der Waals surface area (Å²) in [5, 5.41) is 3.81. The van der Waals surface area contributed by atoms with Gasteiger partial charge >= 0.3 is 0 Å². The standard InChI is InChI=1S/C17H28ClNO2/c1-5-7-8-13(6-2)12-21-17-14(11-19-3)9-15(18)10-16(17)20-4/h9-10,13,19H,5-8,11-12H2,1-4H3. The average Bonchev–Trinajstić information content (AvgIpc) is 2.48. The number of hydrogen-bond donors (Lipinski definition) is 1. The number of unbranched alkanes of at least 4 members (excludes halogenated alkanes) is 1.